The predicted molar refractivity (Wildman–Crippen MR) is 141 cm³/mol. The molecule has 0 fully saturated rings. The summed E-state index contributed by atoms with van der Waals surface area (Å²) in [4.78, 5) is 36.2. The molecule has 4 aromatic rings. The Morgan fingerprint density at radius 2 is 1.85 bits per heavy atom. The molecule has 208 valence electrons. The van der Waals surface area contributed by atoms with Crippen LogP contribution in [0.1, 0.15) is 47.4 Å². The van der Waals surface area contributed by atoms with Crippen molar-refractivity contribution in [3.8, 4) is 17.2 Å². The summed E-state index contributed by atoms with van der Waals surface area (Å²) in [5.74, 6) is -0.817. The van der Waals surface area contributed by atoms with Gasteiger partial charge in [0.05, 0.1) is 13.2 Å². The average molecular weight is 554 g/mol. The van der Waals surface area contributed by atoms with Gasteiger partial charge in [0.15, 0.2) is 11.5 Å². The van der Waals surface area contributed by atoms with E-state index in [9.17, 15) is 22.8 Å². The first kappa shape index (κ1) is 27.1. The Bertz CT molecular complexity index is 1620. The smallest absolute Gasteiger partial charge is 0.433 e. The molecule has 2 amide bonds. The quantitative estimate of drug-likeness (QED) is 0.356. The maximum absolute atomic E-state index is 13.3. The van der Waals surface area contributed by atoms with Crippen molar-refractivity contribution in [2.24, 2.45) is 5.73 Å². The number of methoxy groups -OCH3 is 1. The third-order valence-corrected chi connectivity index (χ3v) is 6.71. The molecule has 0 spiro atoms. The van der Waals surface area contributed by atoms with Crippen LogP contribution < -0.4 is 20.7 Å². The van der Waals surface area contributed by atoms with Gasteiger partial charge in [-0.2, -0.15) is 13.2 Å². The van der Waals surface area contributed by atoms with Crippen molar-refractivity contribution in [2.75, 3.05) is 18.6 Å². The molecular formula is C28H26F3N5O4. The first-order chi connectivity index (χ1) is 19.0. The number of hydrogen-bond acceptors (Lipinski definition) is 7. The minimum Gasteiger partial charge on any atom is -0.494 e. The number of halogens is 3. The van der Waals surface area contributed by atoms with Crippen LogP contribution in [-0.4, -0.2) is 41.5 Å². The number of nitrogens with one attached hydrogen (secondary N) is 1. The summed E-state index contributed by atoms with van der Waals surface area (Å²) < 4.78 is 51.1. The summed E-state index contributed by atoms with van der Waals surface area (Å²) in [7, 11) is 1.32. The van der Waals surface area contributed by atoms with Crippen LogP contribution in [0.25, 0.3) is 22.4 Å². The molecule has 2 aromatic heterocycles. The molecule has 3 heterocycles. The zero-order valence-electron chi connectivity index (χ0n) is 21.9. The van der Waals surface area contributed by atoms with E-state index in [4.69, 9.17) is 14.9 Å². The van der Waals surface area contributed by atoms with Crippen molar-refractivity contribution in [3.05, 3.63) is 71.2 Å². The zero-order chi connectivity index (χ0) is 28.8. The number of carbonyl (C=O) groups is 2. The number of amides is 2. The normalized spacial score (nSPS) is 14.6. The van der Waals surface area contributed by atoms with Crippen LogP contribution in [0.4, 0.5) is 18.9 Å². The SMILES string of the molecule is COc1ccc(-c2nc(C(=O)N[C@H](C)C(=O)N3CCc4ccccc43)c([C@H](C)N)o2)c2ccc(C(F)(F)F)nc12. The minimum atomic E-state index is -4.66. The van der Waals surface area contributed by atoms with Crippen molar-refractivity contribution in [2.45, 2.75) is 38.5 Å². The lowest BCUT2D eigenvalue weighted by molar-refractivity contribution is -0.141. The van der Waals surface area contributed by atoms with Crippen molar-refractivity contribution in [1.29, 1.82) is 0 Å². The van der Waals surface area contributed by atoms with Gasteiger partial charge in [0.1, 0.15) is 23.0 Å². The lowest BCUT2D eigenvalue weighted by Crippen LogP contribution is -2.46. The number of fused-ring (bicyclic) bond motifs is 2. The maximum atomic E-state index is 13.3. The van der Waals surface area contributed by atoms with Gasteiger partial charge in [-0.25, -0.2) is 9.97 Å². The fourth-order valence-corrected chi connectivity index (χ4v) is 4.75. The Labute approximate surface area is 227 Å². The first-order valence-corrected chi connectivity index (χ1v) is 12.5. The third-order valence-electron chi connectivity index (χ3n) is 6.71. The number of para-hydroxylation sites is 1. The van der Waals surface area contributed by atoms with Crippen molar-refractivity contribution >= 4 is 28.4 Å². The molecule has 2 atom stereocenters. The van der Waals surface area contributed by atoms with E-state index in [2.05, 4.69) is 15.3 Å². The van der Waals surface area contributed by atoms with E-state index in [1.54, 1.807) is 24.8 Å². The largest absolute Gasteiger partial charge is 0.494 e. The van der Waals surface area contributed by atoms with Crippen molar-refractivity contribution in [1.82, 2.24) is 15.3 Å². The van der Waals surface area contributed by atoms with Gasteiger partial charge in [-0.3, -0.25) is 9.59 Å². The number of ether oxygens (including phenoxy) is 1. The molecule has 12 heteroatoms. The van der Waals surface area contributed by atoms with Gasteiger partial charge in [-0.1, -0.05) is 18.2 Å². The van der Waals surface area contributed by atoms with Crippen LogP contribution in [0.2, 0.25) is 0 Å². The molecule has 9 nitrogen and oxygen atoms in total. The van der Waals surface area contributed by atoms with E-state index < -0.39 is 29.9 Å². The Hall–Kier alpha value is -4.45. The van der Waals surface area contributed by atoms with Gasteiger partial charge in [-0.05, 0) is 56.2 Å². The molecule has 40 heavy (non-hydrogen) atoms. The summed E-state index contributed by atoms with van der Waals surface area (Å²) >= 11 is 0. The molecule has 0 bridgehead atoms. The molecule has 1 aliphatic heterocycles. The fraction of sp³-hybridized carbons (Fsp3) is 0.286. The summed E-state index contributed by atoms with van der Waals surface area (Å²) in [5, 5.41) is 2.95. The van der Waals surface area contributed by atoms with E-state index in [0.717, 1.165) is 23.7 Å². The molecular weight excluding hydrogens is 527 g/mol. The second kappa shape index (κ2) is 10.3. The van der Waals surface area contributed by atoms with Gasteiger partial charge in [0.25, 0.3) is 5.91 Å². The van der Waals surface area contributed by atoms with E-state index in [-0.39, 0.29) is 45.5 Å². The molecule has 0 radical (unpaired) electrons. The van der Waals surface area contributed by atoms with Gasteiger partial charge >= 0.3 is 6.18 Å². The topological polar surface area (TPSA) is 124 Å². The molecule has 0 unspecified atom stereocenters. The summed E-state index contributed by atoms with van der Waals surface area (Å²) in [6.07, 6.45) is -3.93. The van der Waals surface area contributed by atoms with Crippen molar-refractivity contribution in [3.63, 3.8) is 0 Å². The third kappa shape index (κ3) is 4.86. The minimum absolute atomic E-state index is 0.0425. The lowest BCUT2D eigenvalue weighted by Gasteiger charge is -2.22. The monoisotopic (exact) mass is 553 g/mol. The second-order valence-corrected chi connectivity index (χ2v) is 9.49. The number of oxazole rings is 1. The Kier molecular flexibility index (Phi) is 6.96. The molecule has 2 aromatic carbocycles. The van der Waals surface area contributed by atoms with Crippen LogP contribution >= 0.6 is 0 Å². The number of nitrogens with two attached hydrogens (primary N) is 1. The number of carbonyl (C=O) groups excluding carboxylic acids is 2. The van der Waals surface area contributed by atoms with Crippen LogP contribution in [0.5, 0.6) is 5.75 Å². The molecule has 1 aliphatic rings. The first-order valence-electron chi connectivity index (χ1n) is 12.5. The Balaban J connectivity index is 1.47. The fourth-order valence-electron chi connectivity index (χ4n) is 4.75. The molecule has 0 saturated heterocycles. The van der Waals surface area contributed by atoms with E-state index in [1.807, 2.05) is 24.3 Å². The van der Waals surface area contributed by atoms with Crippen molar-refractivity contribution < 1.29 is 31.9 Å². The van der Waals surface area contributed by atoms with Crippen LogP contribution in [-0.2, 0) is 17.4 Å². The van der Waals surface area contributed by atoms with E-state index >= 15 is 0 Å². The standard InChI is InChI=1S/C28H26F3N5O4/c1-14(32)24-23(25(37)33-15(2)27(38)36-13-12-16-6-4-5-7-19(16)36)35-26(40-24)18-8-10-20(39-3)22-17(18)9-11-21(34-22)28(29,30)31/h4-11,14-15H,12-13,32H2,1-3H3,(H,33,37)/t14-,15+/m0/s1. The number of alkyl halides is 3. The summed E-state index contributed by atoms with van der Waals surface area (Å²) in [6, 6.07) is 11.0. The highest BCUT2D eigenvalue weighted by Gasteiger charge is 2.34. The number of hydrogen-bond donors (Lipinski definition) is 2. The zero-order valence-corrected chi connectivity index (χ0v) is 21.9. The van der Waals surface area contributed by atoms with Gasteiger partial charge in [0, 0.05) is 23.2 Å². The highest BCUT2D eigenvalue weighted by atomic mass is 19.4. The number of nitrogens with zero attached hydrogens (tertiary/aromatic N) is 3. The van der Waals surface area contributed by atoms with Crippen LogP contribution in [0.15, 0.2) is 52.9 Å². The van der Waals surface area contributed by atoms with Gasteiger partial charge in [0.2, 0.25) is 11.8 Å². The van der Waals surface area contributed by atoms with E-state index in [1.165, 1.54) is 19.2 Å². The molecule has 0 saturated carbocycles. The Morgan fingerprint density at radius 3 is 2.55 bits per heavy atom. The number of pyridine rings is 1. The van der Waals surface area contributed by atoms with E-state index in [0.29, 0.717) is 6.54 Å². The summed E-state index contributed by atoms with van der Waals surface area (Å²) in [6.45, 7) is 3.68. The number of rotatable bonds is 6. The van der Waals surface area contributed by atoms with Crippen LogP contribution in [0, 0.1) is 0 Å². The predicted octanol–water partition coefficient (Wildman–Crippen LogP) is 4.64. The highest BCUT2D eigenvalue weighted by molar-refractivity contribution is 6.03. The molecule has 3 N–H and O–H groups in total. The lowest BCUT2D eigenvalue weighted by atomic mass is 10.1. The molecule has 0 aliphatic carbocycles. The second-order valence-electron chi connectivity index (χ2n) is 9.49. The number of benzene rings is 2. The average Bonchev–Trinajstić information content (AvgIpc) is 3.56. The number of anilines is 1. The number of aromatic nitrogens is 2. The van der Waals surface area contributed by atoms with Gasteiger partial charge in [-0.15, -0.1) is 0 Å². The maximum Gasteiger partial charge on any atom is 0.433 e. The van der Waals surface area contributed by atoms with Gasteiger partial charge < -0.3 is 25.1 Å². The molecule has 5 rings (SSSR count). The highest BCUT2D eigenvalue weighted by Crippen LogP contribution is 2.37. The van der Waals surface area contributed by atoms with Crippen LogP contribution in [0.3, 0.4) is 0 Å². The Morgan fingerprint density at radius 1 is 1.10 bits per heavy atom. The summed E-state index contributed by atoms with van der Waals surface area (Å²) in [5.41, 5.74) is 6.95.